The molecule has 0 saturated heterocycles. The van der Waals surface area contributed by atoms with Crippen LogP contribution in [0, 0.1) is 11.3 Å². The van der Waals surface area contributed by atoms with E-state index >= 15 is 0 Å². The van der Waals surface area contributed by atoms with Crippen LogP contribution in [0.4, 0.5) is 0 Å². The molecular formula is C15H19N3O. The van der Waals surface area contributed by atoms with Gasteiger partial charge in [-0.2, -0.15) is 5.10 Å². The second kappa shape index (κ2) is 4.37. The molecule has 2 heterocycles. The zero-order valence-electron chi connectivity index (χ0n) is 11.4. The SMILES string of the molecule is CC1(C)CC(CNC(=O)c2cccn3nccc23)C1. The van der Waals surface area contributed by atoms with Gasteiger partial charge in [0, 0.05) is 12.7 Å². The Morgan fingerprint density at radius 1 is 1.47 bits per heavy atom. The van der Waals surface area contributed by atoms with Gasteiger partial charge in [-0.25, -0.2) is 4.52 Å². The quantitative estimate of drug-likeness (QED) is 0.918. The van der Waals surface area contributed by atoms with Gasteiger partial charge in [-0.05, 0) is 42.4 Å². The van der Waals surface area contributed by atoms with E-state index in [0.717, 1.165) is 12.1 Å². The topological polar surface area (TPSA) is 46.4 Å². The highest BCUT2D eigenvalue weighted by molar-refractivity contribution is 6.00. The normalized spacial score (nSPS) is 18.2. The molecule has 3 rings (SSSR count). The van der Waals surface area contributed by atoms with Crippen LogP contribution in [0.2, 0.25) is 0 Å². The molecule has 0 spiro atoms. The lowest BCUT2D eigenvalue weighted by Gasteiger charge is -2.42. The number of hydrogen-bond acceptors (Lipinski definition) is 2. The molecule has 19 heavy (non-hydrogen) atoms. The smallest absolute Gasteiger partial charge is 0.253 e. The molecule has 1 fully saturated rings. The summed E-state index contributed by atoms with van der Waals surface area (Å²) in [4.78, 5) is 12.2. The molecule has 1 saturated carbocycles. The molecule has 4 nitrogen and oxygen atoms in total. The van der Waals surface area contributed by atoms with E-state index in [1.165, 1.54) is 12.8 Å². The summed E-state index contributed by atoms with van der Waals surface area (Å²) < 4.78 is 1.72. The van der Waals surface area contributed by atoms with Crippen molar-refractivity contribution in [1.82, 2.24) is 14.9 Å². The van der Waals surface area contributed by atoms with Crippen molar-refractivity contribution < 1.29 is 4.79 Å². The van der Waals surface area contributed by atoms with Gasteiger partial charge in [-0.3, -0.25) is 4.79 Å². The molecule has 2 aromatic rings. The molecule has 0 aliphatic heterocycles. The van der Waals surface area contributed by atoms with Crippen LogP contribution in [0.15, 0.2) is 30.6 Å². The van der Waals surface area contributed by atoms with Gasteiger partial charge >= 0.3 is 0 Å². The van der Waals surface area contributed by atoms with Crippen LogP contribution in [0.1, 0.15) is 37.0 Å². The van der Waals surface area contributed by atoms with Crippen LogP contribution in [0.25, 0.3) is 5.52 Å². The van der Waals surface area contributed by atoms with Gasteiger partial charge in [0.15, 0.2) is 0 Å². The van der Waals surface area contributed by atoms with Crippen LogP contribution >= 0.6 is 0 Å². The first-order valence-electron chi connectivity index (χ1n) is 6.76. The highest BCUT2D eigenvalue weighted by Gasteiger charge is 2.35. The fourth-order valence-electron chi connectivity index (χ4n) is 3.12. The van der Waals surface area contributed by atoms with E-state index in [4.69, 9.17) is 0 Å². The van der Waals surface area contributed by atoms with Gasteiger partial charge in [0.2, 0.25) is 0 Å². The van der Waals surface area contributed by atoms with Gasteiger partial charge in [0.05, 0.1) is 17.3 Å². The molecule has 100 valence electrons. The third-order valence-electron chi connectivity index (χ3n) is 3.91. The highest BCUT2D eigenvalue weighted by Crippen LogP contribution is 2.44. The van der Waals surface area contributed by atoms with E-state index in [1.807, 2.05) is 24.4 Å². The van der Waals surface area contributed by atoms with Gasteiger partial charge in [-0.1, -0.05) is 13.8 Å². The van der Waals surface area contributed by atoms with Crippen LogP contribution in [-0.4, -0.2) is 22.1 Å². The van der Waals surface area contributed by atoms with Crippen molar-refractivity contribution in [3.8, 4) is 0 Å². The van der Waals surface area contributed by atoms with Crippen molar-refractivity contribution in [1.29, 1.82) is 0 Å². The average Bonchev–Trinajstić information content (AvgIpc) is 2.81. The number of amides is 1. The second-order valence-electron chi connectivity index (χ2n) is 6.23. The van der Waals surface area contributed by atoms with E-state index in [-0.39, 0.29) is 5.91 Å². The zero-order chi connectivity index (χ0) is 13.5. The Balaban J connectivity index is 1.66. The fraction of sp³-hybridized carbons (Fsp3) is 0.467. The number of carbonyl (C=O) groups excluding carboxylic acids is 1. The molecule has 4 heteroatoms. The number of carbonyl (C=O) groups is 1. The molecule has 1 N–H and O–H groups in total. The van der Waals surface area contributed by atoms with Crippen LogP contribution in [-0.2, 0) is 0 Å². The Kier molecular flexibility index (Phi) is 2.81. The first-order valence-corrected chi connectivity index (χ1v) is 6.76. The first-order chi connectivity index (χ1) is 9.05. The van der Waals surface area contributed by atoms with E-state index in [0.29, 0.717) is 16.9 Å². The van der Waals surface area contributed by atoms with Crippen molar-refractivity contribution in [3.63, 3.8) is 0 Å². The molecule has 0 radical (unpaired) electrons. The van der Waals surface area contributed by atoms with Crippen LogP contribution in [0.5, 0.6) is 0 Å². The maximum atomic E-state index is 12.2. The molecule has 0 aromatic carbocycles. The molecule has 0 unspecified atom stereocenters. The Morgan fingerprint density at radius 3 is 3.00 bits per heavy atom. The maximum Gasteiger partial charge on any atom is 0.253 e. The van der Waals surface area contributed by atoms with E-state index in [9.17, 15) is 4.79 Å². The number of pyridine rings is 1. The molecule has 0 bridgehead atoms. The second-order valence-corrected chi connectivity index (χ2v) is 6.23. The monoisotopic (exact) mass is 257 g/mol. The van der Waals surface area contributed by atoms with Crippen LogP contribution < -0.4 is 5.32 Å². The Labute approximate surface area is 112 Å². The van der Waals surface area contributed by atoms with Gasteiger partial charge in [-0.15, -0.1) is 0 Å². The number of hydrogen-bond donors (Lipinski definition) is 1. The molecule has 1 amide bonds. The summed E-state index contributed by atoms with van der Waals surface area (Å²) in [6.07, 6.45) is 5.95. The summed E-state index contributed by atoms with van der Waals surface area (Å²) in [5, 5.41) is 7.18. The van der Waals surface area contributed by atoms with E-state index in [1.54, 1.807) is 10.7 Å². The Hall–Kier alpha value is -1.84. The minimum Gasteiger partial charge on any atom is -0.352 e. The standard InChI is InChI=1S/C15H19N3O/c1-15(2)8-11(9-15)10-16-14(19)12-4-3-7-18-13(12)5-6-17-18/h3-7,11H,8-10H2,1-2H3,(H,16,19). The summed E-state index contributed by atoms with van der Waals surface area (Å²) in [7, 11) is 0. The van der Waals surface area contributed by atoms with E-state index in [2.05, 4.69) is 24.3 Å². The summed E-state index contributed by atoms with van der Waals surface area (Å²) >= 11 is 0. The van der Waals surface area contributed by atoms with Crippen molar-refractivity contribution in [3.05, 3.63) is 36.2 Å². The third-order valence-corrected chi connectivity index (χ3v) is 3.91. The summed E-state index contributed by atoms with van der Waals surface area (Å²) in [6.45, 7) is 5.33. The lowest BCUT2D eigenvalue weighted by atomic mass is 9.64. The number of nitrogens with one attached hydrogen (secondary N) is 1. The zero-order valence-corrected chi connectivity index (χ0v) is 11.4. The highest BCUT2D eigenvalue weighted by atomic mass is 16.1. The molecule has 1 aliphatic rings. The molecule has 1 aliphatic carbocycles. The first kappa shape index (κ1) is 12.2. The molecular weight excluding hydrogens is 238 g/mol. The number of nitrogens with zero attached hydrogens (tertiary/aromatic N) is 2. The molecule has 2 aromatic heterocycles. The van der Waals surface area contributed by atoms with Gasteiger partial charge in [0.25, 0.3) is 5.91 Å². The molecule has 0 atom stereocenters. The Bertz CT molecular complexity index is 607. The van der Waals surface area contributed by atoms with Crippen LogP contribution in [0.3, 0.4) is 0 Å². The lowest BCUT2D eigenvalue weighted by molar-refractivity contribution is 0.0808. The van der Waals surface area contributed by atoms with Gasteiger partial charge in [0.1, 0.15) is 0 Å². The third kappa shape index (κ3) is 2.35. The number of fused-ring (bicyclic) bond motifs is 1. The summed E-state index contributed by atoms with van der Waals surface area (Å²) in [6, 6.07) is 5.56. The van der Waals surface area contributed by atoms with Gasteiger partial charge < -0.3 is 5.32 Å². The largest absolute Gasteiger partial charge is 0.352 e. The Morgan fingerprint density at radius 2 is 2.26 bits per heavy atom. The van der Waals surface area contributed by atoms with E-state index < -0.39 is 0 Å². The van der Waals surface area contributed by atoms with Crippen molar-refractivity contribution in [2.45, 2.75) is 26.7 Å². The van der Waals surface area contributed by atoms with Crippen molar-refractivity contribution >= 4 is 11.4 Å². The predicted molar refractivity (Wildman–Crippen MR) is 74.0 cm³/mol. The fourth-order valence-corrected chi connectivity index (χ4v) is 3.12. The summed E-state index contributed by atoms with van der Waals surface area (Å²) in [5.74, 6) is 0.624. The predicted octanol–water partition coefficient (Wildman–Crippen LogP) is 2.50. The van der Waals surface area contributed by atoms with Crippen molar-refractivity contribution in [2.24, 2.45) is 11.3 Å². The summed E-state index contributed by atoms with van der Waals surface area (Å²) in [5.41, 5.74) is 2.01. The number of aromatic nitrogens is 2. The maximum absolute atomic E-state index is 12.2. The minimum absolute atomic E-state index is 0.00388. The lowest BCUT2D eigenvalue weighted by Crippen LogP contribution is -2.40. The van der Waals surface area contributed by atoms with Crippen molar-refractivity contribution in [2.75, 3.05) is 6.54 Å². The average molecular weight is 257 g/mol. The minimum atomic E-state index is -0.00388. The number of rotatable bonds is 3.